The van der Waals surface area contributed by atoms with Crippen LogP contribution in [0, 0.1) is 11.8 Å². The van der Waals surface area contributed by atoms with Crippen LogP contribution < -0.4 is 5.32 Å². The molecule has 1 aromatic carbocycles. The van der Waals surface area contributed by atoms with E-state index < -0.39 is 0 Å². The van der Waals surface area contributed by atoms with Gasteiger partial charge in [-0.25, -0.2) is 5.01 Å². The molecule has 1 aliphatic carbocycles. The Bertz CT molecular complexity index is 740. The summed E-state index contributed by atoms with van der Waals surface area (Å²) in [5, 5.41) is 10.7. The van der Waals surface area contributed by atoms with Crippen LogP contribution in [0.25, 0.3) is 0 Å². The molecular weight excluding hydrogens is 430 g/mol. The Kier molecular flexibility index (Phi) is 17.4. The number of rotatable bonds is 8. The Morgan fingerprint density at radius 3 is 2.12 bits per heavy atom. The standard InChI is InChI=1S/C22H28ClN3O.3C2H6/c1-3-13-24-14-12-16(2)26-22(27)20-7-5-4-6-19(20)21(25-26)15-17-8-10-18(23)11-9-17;3*1-2/h4-11,16,19-20,24H,3,12-15H2,1-2H3;3*1-2H3. The van der Waals surface area contributed by atoms with Crippen molar-refractivity contribution in [3.05, 3.63) is 59.2 Å². The lowest BCUT2D eigenvalue weighted by Gasteiger charge is -2.37. The molecule has 1 aliphatic heterocycles. The summed E-state index contributed by atoms with van der Waals surface area (Å²) in [7, 11) is 0. The van der Waals surface area contributed by atoms with E-state index in [1.54, 1.807) is 5.01 Å². The van der Waals surface area contributed by atoms with Crippen molar-refractivity contribution in [1.29, 1.82) is 0 Å². The number of benzene rings is 1. The van der Waals surface area contributed by atoms with Crippen LogP contribution in [0.3, 0.4) is 0 Å². The molecule has 1 heterocycles. The fraction of sp³-hybridized carbons (Fsp3) is 0.571. The first kappa shape index (κ1) is 31.1. The molecule has 186 valence electrons. The second kappa shape index (κ2) is 18.5. The van der Waals surface area contributed by atoms with E-state index in [1.807, 2.05) is 84.0 Å². The lowest BCUT2D eigenvalue weighted by atomic mass is 9.80. The summed E-state index contributed by atoms with van der Waals surface area (Å²) >= 11 is 6.01. The van der Waals surface area contributed by atoms with Gasteiger partial charge < -0.3 is 5.32 Å². The zero-order chi connectivity index (χ0) is 25.2. The van der Waals surface area contributed by atoms with E-state index in [0.29, 0.717) is 0 Å². The second-order valence-corrected chi connectivity index (χ2v) is 7.72. The maximum Gasteiger partial charge on any atom is 0.250 e. The van der Waals surface area contributed by atoms with Crippen LogP contribution in [-0.2, 0) is 11.2 Å². The maximum absolute atomic E-state index is 13.0. The molecule has 33 heavy (non-hydrogen) atoms. The smallest absolute Gasteiger partial charge is 0.250 e. The Morgan fingerprint density at radius 2 is 1.55 bits per heavy atom. The molecule has 0 aromatic heterocycles. The SMILES string of the molecule is CC.CC.CC.CCCNCCC(C)N1N=C(Cc2ccc(Cl)cc2)C2C=CC=CC2C1=O. The zero-order valence-corrected chi connectivity index (χ0v) is 22.8. The molecule has 5 heteroatoms. The molecule has 4 nitrogen and oxygen atoms in total. The fourth-order valence-electron chi connectivity index (χ4n) is 3.58. The molecule has 0 radical (unpaired) electrons. The number of hydrazone groups is 1. The Labute approximate surface area is 208 Å². The number of amides is 1. The van der Waals surface area contributed by atoms with Gasteiger partial charge in [0.1, 0.15) is 0 Å². The zero-order valence-electron chi connectivity index (χ0n) is 22.1. The number of allylic oxidation sites excluding steroid dienone is 3. The van der Waals surface area contributed by atoms with Gasteiger partial charge in [0.05, 0.1) is 17.7 Å². The number of nitrogens with zero attached hydrogens (tertiary/aromatic N) is 2. The summed E-state index contributed by atoms with van der Waals surface area (Å²) in [6.45, 7) is 18.1. The highest BCUT2D eigenvalue weighted by molar-refractivity contribution is 6.30. The number of halogens is 1. The number of fused-ring (bicyclic) bond motifs is 1. The highest BCUT2D eigenvalue weighted by Crippen LogP contribution is 2.31. The highest BCUT2D eigenvalue weighted by atomic mass is 35.5. The number of nitrogens with one attached hydrogen (secondary N) is 1. The molecule has 0 fully saturated rings. The number of carbonyl (C=O) groups excluding carboxylic acids is 1. The van der Waals surface area contributed by atoms with Gasteiger partial charge in [0.25, 0.3) is 5.91 Å². The third-order valence-corrected chi connectivity index (χ3v) is 5.40. The van der Waals surface area contributed by atoms with Crippen molar-refractivity contribution in [2.45, 2.75) is 80.7 Å². The summed E-state index contributed by atoms with van der Waals surface area (Å²) in [5.41, 5.74) is 2.20. The molecular formula is C28H46ClN3O. The van der Waals surface area contributed by atoms with Crippen molar-refractivity contribution in [3.63, 3.8) is 0 Å². The molecule has 2 aliphatic rings. The number of carbonyl (C=O) groups is 1. The largest absolute Gasteiger partial charge is 0.317 e. The minimum absolute atomic E-state index is 0.0415. The third-order valence-electron chi connectivity index (χ3n) is 5.15. The highest BCUT2D eigenvalue weighted by Gasteiger charge is 2.38. The quantitative estimate of drug-likeness (QED) is 0.401. The summed E-state index contributed by atoms with van der Waals surface area (Å²) in [6.07, 6.45) is 10.8. The normalized spacial score (nSPS) is 19.0. The first-order chi connectivity index (χ1) is 16.1. The Balaban J connectivity index is 0.00000158. The molecule has 0 saturated carbocycles. The van der Waals surface area contributed by atoms with Gasteiger partial charge >= 0.3 is 0 Å². The summed E-state index contributed by atoms with van der Waals surface area (Å²) in [5.74, 6) is -0.0101. The van der Waals surface area contributed by atoms with Crippen LogP contribution in [0.2, 0.25) is 5.02 Å². The minimum atomic E-state index is -0.152. The molecule has 0 spiro atoms. The first-order valence-electron chi connectivity index (χ1n) is 12.8. The summed E-state index contributed by atoms with van der Waals surface area (Å²) < 4.78 is 0. The Hall–Kier alpha value is -1.91. The van der Waals surface area contributed by atoms with Gasteiger partial charge in [-0.2, -0.15) is 5.10 Å². The average molecular weight is 476 g/mol. The van der Waals surface area contributed by atoms with Crippen molar-refractivity contribution >= 4 is 23.2 Å². The Morgan fingerprint density at radius 1 is 0.970 bits per heavy atom. The van der Waals surface area contributed by atoms with Crippen molar-refractivity contribution in [2.75, 3.05) is 13.1 Å². The van der Waals surface area contributed by atoms with E-state index in [0.717, 1.165) is 48.6 Å². The minimum Gasteiger partial charge on any atom is -0.317 e. The van der Waals surface area contributed by atoms with E-state index in [-0.39, 0.29) is 23.8 Å². The third kappa shape index (κ3) is 9.85. The van der Waals surface area contributed by atoms with E-state index in [4.69, 9.17) is 16.7 Å². The molecule has 3 atom stereocenters. The molecule has 0 bridgehead atoms. The molecule has 3 rings (SSSR count). The lowest BCUT2D eigenvalue weighted by Crippen LogP contribution is -2.48. The van der Waals surface area contributed by atoms with E-state index >= 15 is 0 Å². The maximum atomic E-state index is 13.0. The van der Waals surface area contributed by atoms with E-state index in [9.17, 15) is 4.79 Å². The second-order valence-electron chi connectivity index (χ2n) is 7.29. The molecule has 3 unspecified atom stereocenters. The van der Waals surface area contributed by atoms with Crippen LogP contribution in [0.4, 0.5) is 0 Å². The molecule has 1 amide bonds. The van der Waals surface area contributed by atoms with Crippen molar-refractivity contribution < 1.29 is 4.79 Å². The van der Waals surface area contributed by atoms with Crippen molar-refractivity contribution in [2.24, 2.45) is 16.9 Å². The van der Waals surface area contributed by atoms with Crippen LogP contribution in [0.15, 0.2) is 53.7 Å². The lowest BCUT2D eigenvalue weighted by molar-refractivity contribution is -0.137. The van der Waals surface area contributed by atoms with E-state index in [2.05, 4.69) is 25.2 Å². The van der Waals surface area contributed by atoms with Crippen molar-refractivity contribution in [1.82, 2.24) is 10.3 Å². The predicted molar refractivity (Wildman–Crippen MR) is 146 cm³/mol. The summed E-state index contributed by atoms with van der Waals surface area (Å²) in [4.78, 5) is 13.0. The monoisotopic (exact) mass is 475 g/mol. The topological polar surface area (TPSA) is 44.7 Å². The van der Waals surface area contributed by atoms with Gasteiger partial charge in [0.15, 0.2) is 0 Å². The van der Waals surface area contributed by atoms with Crippen LogP contribution in [0.1, 0.15) is 73.8 Å². The van der Waals surface area contributed by atoms with Gasteiger partial charge in [-0.1, -0.05) is 96.5 Å². The van der Waals surface area contributed by atoms with Crippen LogP contribution in [0.5, 0.6) is 0 Å². The van der Waals surface area contributed by atoms with Gasteiger partial charge in [-0.3, -0.25) is 4.79 Å². The predicted octanol–water partition coefficient (Wildman–Crippen LogP) is 7.30. The van der Waals surface area contributed by atoms with Gasteiger partial charge in [0, 0.05) is 17.4 Å². The van der Waals surface area contributed by atoms with Gasteiger partial charge in [-0.05, 0) is 50.6 Å². The average Bonchev–Trinajstić information content (AvgIpc) is 2.88. The van der Waals surface area contributed by atoms with Crippen LogP contribution in [-0.4, -0.2) is 35.8 Å². The summed E-state index contributed by atoms with van der Waals surface area (Å²) in [6, 6.07) is 7.93. The first-order valence-corrected chi connectivity index (χ1v) is 13.2. The van der Waals surface area contributed by atoms with E-state index in [1.165, 1.54) is 0 Å². The van der Waals surface area contributed by atoms with Gasteiger partial charge in [-0.15, -0.1) is 0 Å². The van der Waals surface area contributed by atoms with Crippen molar-refractivity contribution in [3.8, 4) is 0 Å². The van der Waals surface area contributed by atoms with Crippen LogP contribution >= 0.6 is 11.6 Å². The van der Waals surface area contributed by atoms with Gasteiger partial charge in [0.2, 0.25) is 0 Å². The molecule has 1 N–H and O–H groups in total. The number of hydrogen-bond acceptors (Lipinski definition) is 3. The fourth-order valence-corrected chi connectivity index (χ4v) is 3.71. The number of hydrogen-bond donors (Lipinski definition) is 1. The molecule has 0 saturated heterocycles. The molecule has 1 aromatic rings.